The van der Waals surface area contributed by atoms with E-state index in [-0.39, 0.29) is 11.9 Å². The van der Waals surface area contributed by atoms with Gasteiger partial charge in [0.25, 0.3) is 0 Å². The normalized spacial score (nSPS) is 21.2. The SMILES string of the molecule is C=CN(/C=C(\C)Br)c1ncc2c(n1)N(C1CCCC1)[C@H](CC)C(=O)N2C. The van der Waals surface area contributed by atoms with Crippen LogP contribution in [0.1, 0.15) is 46.0 Å². The summed E-state index contributed by atoms with van der Waals surface area (Å²) in [6.45, 7) is 7.87. The summed E-state index contributed by atoms with van der Waals surface area (Å²) in [5, 5.41) is 0. The zero-order valence-corrected chi connectivity index (χ0v) is 17.2. The van der Waals surface area contributed by atoms with Gasteiger partial charge in [-0.15, -0.1) is 0 Å². The second kappa shape index (κ2) is 7.78. The van der Waals surface area contributed by atoms with Crippen molar-refractivity contribution < 1.29 is 4.79 Å². The molecule has 26 heavy (non-hydrogen) atoms. The van der Waals surface area contributed by atoms with Gasteiger partial charge < -0.3 is 9.80 Å². The number of carbonyl (C=O) groups is 1. The molecular weight excluding hydrogens is 394 g/mol. The number of likely N-dealkylation sites (N-methyl/N-ethyl adjacent to an activating group) is 1. The molecule has 1 aromatic heterocycles. The molecule has 0 saturated heterocycles. The molecule has 1 aliphatic heterocycles. The maximum atomic E-state index is 12.9. The minimum atomic E-state index is -0.163. The molecule has 1 amide bonds. The first-order chi connectivity index (χ1) is 12.5. The number of fused-ring (bicyclic) bond motifs is 1. The van der Waals surface area contributed by atoms with Gasteiger partial charge in [0.15, 0.2) is 5.82 Å². The van der Waals surface area contributed by atoms with Crippen LogP contribution in [0.25, 0.3) is 0 Å². The highest BCUT2D eigenvalue weighted by molar-refractivity contribution is 9.11. The molecule has 2 aliphatic rings. The lowest BCUT2D eigenvalue weighted by Crippen LogP contribution is -2.55. The van der Waals surface area contributed by atoms with Gasteiger partial charge in [-0.2, -0.15) is 4.98 Å². The predicted octanol–water partition coefficient (Wildman–Crippen LogP) is 4.19. The van der Waals surface area contributed by atoms with Crippen molar-refractivity contribution in [1.29, 1.82) is 0 Å². The fourth-order valence-electron chi connectivity index (χ4n) is 3.88. The zero-order valence-electron chi connectivity index (χ0n) is 15.7. The zero-order chi connectivity index (χ0) is 18.8. The monoisotopic (exact) mass is 419 g/mol. The highest BCUT2D eigenvalue weighted by Crippen LogP contribution is 2.40. The van der Waals surface area contributed by atoms with Crippen LogP contribution in [-0.4, -0.2) is 35.0 Å². The largest absolute Gasteiger partial charge is 0.340 e. The van der Waals surface area contributed by atoms with Gasteiger partial charge in [-0.05, 0) is 26.2 Å². The Morgan fingerprint density at radius 3 is 2.73 bits per heavy atom. The molecule has 0 N–H and O–H groups in total. The number of aromatic nitrogens is 2. The van der Waals surface area contributed by atoms with Gasteiger partial charge >= 0.3 is 0 Å². The molecule has 0 spiro atoms. The number of nitrogens with zero attached hydrogens (tertiary/aromatic N) is 5. The fourth-order valence-corrected chi connectivity index (χ4v) is 4.10. The second-order valence-corrected chi connectivity index (χ2v) is 8.10. The van der Waals surface area contributed by atoms with Crippen molar-refractivity contribution in [3.8, 4) is 0 Å². The molecule has 0 aromatic carbocycles. The lowest BCUT2D eigenvalue weighted by Gasteiger charge is -2.43. The smallest absolute Gasteiger partial charge is 0.249 e. The van der Waals surface area contributed by atoms with E-state index in [1.165, 1.54) is 12.8 Å². The van der Waals surface area contributed by atoms with E-state index < -0.39 is 0 Å². The number of anilines is 3. The van der Waals surface area contributed by atoms with E-state index in [4.69, 9.17) is 4.98 Å². The summed E-state index contributed by atoms with van der Waals surface area (Å²) in [5.74, 6) is 1.53. The Bertz CT molecular complexity index is 725. The molecule has 1 saturated carbocycles. The molecule has 1 atom stereocenters. The molecule has 0 radical (unpaired) electrons. The molecule has 0 unspecified atom stereocenters. The van der Waals surface area contributed by atoms with E-state index in [1.54, 1.807) is 22.2 Å². The van der Waals surface area contributed by atoms with Gasteiger partial charge in [0.05, 0.1) is 6.20 Å². The van der Waals surface area contributed by atoms with Gasteiger partial charge in [-0.3, -0.25) is 9.69 Å². The molecular formula is C19H26BrN5O. The van der Waals surface area contributed by atoms with Crippen LogP contribution in [0.15, 0.2) is 29.7 Å². The fraction of sp³-hybridized carbons (Fsp3) is 0.526. The Hall–Kier alpha value is -1.89. The summed E-state index contributed by atoms with van der Waals surface area (Å²) in [6.07, 6.45) is 10.7. The minimum Gasteiger partial charge on any atom is -0.340 e. The quantitative estimate of drug-likeness (QED) is 0.715. The second-order valence-electron chi connectivity index (χ2n) is 6.85. The highest BCUT2D eigenvalue weighted by atomic mass is 79.9. The molecule has 7 heteroatoms. The topological polar surface area (TPSA) is 52.6 Å². The predicted molar refractivity (Wildman–Crippen MR) is 110 cm³/mol. The van der Waals surface area contributed by atoms with Crippen LogP contribution in [0.5, 0.6) is 0 Å². The van der Waals surface area contributed by atoms with Crippen LogP contribution < -0.4 is 14.7 Å². The van der Waals surface area contributed by atoms with Crippen molar-refractivity contribution in [1.82, 2.24) is 9.97 Å². The maximum absolute atomic E-state index is 12.9. The van der Waals surface area contributed by atoms with E-state index in [2.05, 4.69) is 39.3 Å². The van der Waals surface area contributed by atoms with Crippen LogP contribution in [0.4, 0.5) is 17.5 Å². The van der Waals surface area contributed by atoms with Crippen LogP contribution in [0.2, 0.25) is 0 Å². The average molecular weight is 420 g/mol. The van der Waals surface area contributed by atoms with Crippen LogP contribution in [0, 0.1) is 0 Å². The summed E-state index contributed by atoms with van der Waals surface area (Å²) < 4.78 is 0.949. The number of rotatable bonds is 5. The van der Waals surface area contributed by atoms with Crippen molar-refractivity contribution in [2.24, 2.45) is 0 Å². The minimum absolute atomic E-state index is 0.125. The molecule has 1 aromatic rings. The summed E-state index contributed by atoms with van der Waals surface area (Å²) in [5.41, 5.74) is 0.777. The number of hydrogen-bond donors (Lipinski definition) is 0. The van der Waals surface area contributed by atoms with E-state index >= 15 is 0 Å². The summed E-state index contributed by atoms with van der Waals surface area (Å²) >= 11 is 3.44. The Morgan fingerprint density at radius 1 is 1.46 bits per heavy atom. The standard InChI is InChI=1S/C19H26BrN5O/c1-5-15-18(26)23(4)16-11-21-19(24(6-2)12-13(3)20)22-17(16)25(15)14-9-7-8-10-14/h6,11-12,14-15H,2,5,7-10H2,1,3-4H3/b13-12+/t15-/m1/s1. The van der Waals surface area contributed by atoms with Crippen molar-refractivity contribution in [2.75, 3.05) is 21.7 Å². The number of amides is 1. The Kier molecular flexibility index (Phi) is 5.65. The van der Waals surface area contributed by atoms with Crippen molar-refractivity contribution >= 4 is 39.3 Å². The van der Waals surface area contributed by atoms with Gasteiger partial charge in [0, 0.05) is 30.0 Å². The third kappa shape index (κ3) is 3.37. The molecule has 1 fully saturated rings. The molecule has 140 valence electrons. The molecule has 3 rings (SSSR count). The van der Waals surface area contributed by atoms with E-state index in [0.717, 1.165) is 35.3 Å². The molecule has 2 heterocycles. The average Bonchev–Trinajstić information content (AvgIpc) is 3.16. The third-order valence-electron chi connectivity index (χ3n) is 5.14. The van der Waals surface area contributed by atoms with Gasteiger partial charge in [-0.1, -0.05) is 42.3 Å². The van der Waals surface area contributed by atoms with Crippen LogP contribution in [0.3, 0.4) is 0 Å². The van der Waals surface area contributed by atoms with Crippen LogP contribution in [-0.2, 0) is 4.79 Å². The van der Waals surface area contributed by atoms with Crippen molar-refractivity contribution in [2.45, 2.75) is 58.0 Å². The lowest BCUT2D eigenvalue weighted by molar-refractivity contribution is -0.120. The van der Waals surface area contributed by atoms with E-state index in [1.807, 2.05) is 20.2 Å². The molecule has 1 aliphatic carbocycles. The summed E-state index contributed by atoms with van der Waals surface area (Å²) in [4.78, 5) is 28.0. The van der Waals surface area contributed by atoms with Crippen molar-refractivity contribution in [3.05, 3.63) is 29.7 Å². The number of hydrogen-bond acceptors (Lipinski definition) is 5. The number of carbonyl (C=O) groups excluding carboxylic acids is 1. The molecule has 6 nitrogen and oxygen atoms in total. The number of allylic oxidation sites excluding steroid dienone is 1. The lowest BCUT2D eigenvalue weighted by atomic mass is 10.0. The Labute approximate surface area is 163 Å². The van der Waals surface area contributed by atoms with Crippen LogP contribution >= 0.6 is 15.9 Å². The summed E-state index contributed by atoms with van der Waals surface area (Å²) in [7, 11) is 1.81. The first-order valence-electron chi connectivity index (χ1n) is 9.15. The maximum Gasteiger partial charge on any atom is 0.249 e. The first kappa shape index (κ1) is 18.9. The Morgan fingerprint density at radius 2 is 2.15 bits per heavy atom. The van der Waals surface area contributed by atoms with Crippen molar-refractivity contribution in [3.63, 3.8) is 0 Å². The van der Waals surface area contributed by atoms with E-state index in [0.29, 0.717) is 12.0 Å². The van der Waals surface area contributed by atoms with E-state index in [9.17, 15) is 4.79 Å². The Balaban J connectivity index is 2.10. The van der Waals surface area contributed by atoms with Gasteiger partial charge in [0.2, 0.25) is 11.9 Å². The first-order valence-corrected chi connectivity index (χ1v) is 9.95. The van der Waals surface area contributed by atoms with Gasteiger partial charge in [0.1, 0.15) is 11.7 Å². The third-order valence-corrected chi connectivity index (χ3v) is 5.35. The number of halogens is 1. The highest BCUT2D eigenvalue weighted by Gasteiger charge is 2.41. The van der Waals surface area contributed by atoms with Gasteiger partial charge in [-0.25, -0.2) is 4.98 Å². The summed E-state index contributed by atoms with van der Waals surface area (Å²) in [6, 6.07) is 0.203. The molecule has 0 bridgehead atoms.